The van der Waals surface area contributed by atoms with Crippen LogP contribution in [0.3, 0.4) is 0 Å². The SMILES string of the molecule is NC(C=O)NS(=O)(=O)c1cccc(C(=O)C(C(=O)c2cc(F)cc(F)c2)c2nc3ccccc3[nH]2)c1. The molecule has 0 amide bonds. The van der Waals surface area contributed by atoms with Crippen molar-refractivity contribution < 1.29 is 31.6 Å². The van der Waals surface area contributed by atoms with Crippen molar-refractivity contribution >= 4 is 38.9 Å². The third-order valence-electron chi connectivity index (χ3n) is 5.22. The summed E-state index contributed by atoms with van der Waals surface area (Å²) < 4.78 is 54.7. The van der Waals surface area contributed by atoms with Gasteiger partial charge in [-0.1, -0.05) is 24.3 Å². The van der Waals surface area contributed by atoms with E-state index >= 15 is 0 Å². The molecule has 12 heteroatoms. The van der Waals surface area contributed by atoms with Crippen molar-refractivity contribution in [3.05, 3.63) is 95.3 Å². The normalized spacial score (nSPS) is 13.3. The lowest BCUT2D eigenvalue weighted by Crippen LogP contribution is -2.42. The number of ketones is 2. The second-order valence-electron chi connectivity index (χ2n) is 7.77. The molecule has 0 spiro atoms. The number of para-hydroxylation sites is 2. The van der Waals surface area contributed by atoms with Gasteiger partial charge in [0.25, 0.3) is 0 Å². The first kappa shape index (κ1) is 25.0. The molecule has 0 bridgehead atoms. The Balaban J connectivity index is 1.82. The molecule has 3 aromatic carbocycles. The minimum atomic E-state index is -4.29. The maximum absolute atomic E-state index is 13.9. The predicted octanol–water partition coefficient (Wildman–Crippen LogP) is 2.45. The van der Waals surface area contributed by atoms with E-state index < -0.39 is 55.8 Å². The van der Waals surface area contributed by atoms with E-state index in [1.807, 2.05) is 4.72 Å². The van der Waals surface area contributed by atoms with E-state index in [1.54, 1.807) is 24.3 Å². The van der Waals surface area contributed by atoms with Crippen LogP contribution in [0.25, 0.3) is 11.0 Å². The van der Waals surface area contributed by atoms with Crippen molar-refractivity contribution in [3.8, 4) is 0 Å². The van der Waals surface area contributed by atoms with Gasteiger partial charge in [-0.2, -0.15) is 4.72 Å². The van der Waals surface area contributed by atoms with Crippen molar-refractivity contribution in [2.75, 3.05) is 0 Å². The summed E-state index contributed by atoms with van der Waals surface area (Å²) in [4.78, 5) is 44.6. The number of nitrogens with zero attached hydrogens (tertiary/aromatic N) is 1. The maximum atomic E-state index is 13.9. The van der Waals surface area contributed by atoms with Crippen LogP contribution in [-0.2, 0) is 14.8 Å². The van der Waals surface area contributed by atoms with Gasteiger partial charge in [0.1, 0.15) is 29.5 Å². The molecular formula is C24H18F2N4O5S. The Bertz CT molecular complexity index is 1550. The summed E-state index contributed by atoms with van der Waals surface area (Å²) in [7, 11) is -4.29. The zero-order valence-electron chi connectivity index (χ0n) is 18.3. The number of benzene rings is 3. The molecule has 1 heterocycles. The number of Topliss-reactive ketones (excluding diaryl/α,β-unsaturated/α-hetero) is 2. The standard InChI is InChI=1S/C24H18F2N4O5S/c25-15-8-14(9-16(26)11-15)23(33)21(24-28-18-6-1-2-7-19(18)29-24)22(32)13-4-3-5-17(10-13)36(34,35)30-20(27)12-31/h1-12,20-21,30H,27H2,(H,28,29). The van der Waals surface area contributed by atoms with Gasteiger partial charge in [0.05, 0.1) is 15.9 Å². The number of hydrogen-bond acceptors (Lipinski definition) is 7. The Labute approximate surface area is 203 Å². The first-order chi connectivity index (χ1) is 17.1. The van der Waals surface area contributed by atoms with Crippen LogP contribution in [0.1, 0.15) is 32.5 Å². The zero-order valence-corrected chi connectivity index (χ0v) is 19.1. The van der Waals surface area contributed by atoms with Gasteiger partial charge in [-0.25, -0.2) is 22.2 Å². The van der Waals surface area contributed by atoms with Crippen LogP contribution in [0.15, 0.2) is 71.6 Å². The molecule has 0 aliphatic heterocycles. The molecule has 4 rings (SSSR count). The number of rotatable bonds is 9. The number of carbonyl (C=O) groups is 3. The number of halogens is 2. The Hall–Kier alpha value is -4.13. The van der Waals surface area contributed by atoms with E-state index in [1.165, 1.54) is 12.1 Å². The van der Waals surface area contributed by atoms with Crippen LogP contribution in [0.2, 0.25) is 0 Å². The highest BCUT2D eigenvalue weighted by atomic mass is 32.2. The highest BCUT2D eigenvalue weighted by Crippen LogP contribution is 2.27. The Morgan fingerprint density at radius 1 is 0.944 bits per heavy atom. The summed E-state index contributed by atoms with van der Waals surface area (Å²) in [5.41, 5.74) is 5.67. The number of sulfonamides is 1. The molecule has 2 unspecified atom stereocenters. The van der Waals surface area contributed by atoms with Gasteiger partial charge < -0.3 is 15.5 Å². The summed E-state index contributed by atoms with van der Waals surface area (Å²) in [5, 5.41) is 0. The highest BCUT2D eigenvalue weighted by Gasteiger charge is 2.34. The third kappa shape index (κ3) is 5.10. The van der Waals surface area contributed by atoms with Crippen molar-refractivity contribution in [1.82, 2.24) is 14.7 Å². The number of nitrogens with one attached hydrogen (secondary N) is 2. The van der Waals surface area contributed by atoms with Gasteiger partial charge in [-0.3, -0.25) is 9.59 Å². The lowest BCUT2D eigenvalue weighted by Gasteiger charge is -2.15. The Morgan fingerprint density at radius 3 is 2.28 bits per heavy atom. The number of nitrogens with two attached hydrogens (primary N) is 1. The number of carbonyl (C=O) groups excluding carboxylic acids is 3. The van der Waals surface area contributed by atoms with Crippen molar-refractivity contribution in [2.24, 2.45) is 5.73 Å². The van der Waals surface area contributed by atoms with Crippen molar-refractivity contribution in [2.45, 2.75) is 17.0 Å². The average molecular weight is 512 g/mol. The first-order valence-corrected chi connectivity index (χ1v) is 11.9. The van der Waals surface area contributed by atoms with Crippen molar-refractivity contribution in [1.29, 1.82) is 0 Å². The number of imidazole rings is 1. The minimum Gasteiger partial charge on any atom is -0.341 e. The van der Waals surface area contributed by atoms with Crippen LogP contribution in [0.4, 0.5) is 8.78 Å². The average Bonchev–Trinajstić information content (AvgIpc) is 3.26. The minimum absolute atomic E-state index is 0.0924. The van der Waals surface area contributed by atoms with Crippen LogP contribution in [0.5, 0.6) is 0 Å². The molecule has 36 heavy (non-hydrogen) atoms. The largest absolute Gasteiger partial charge is 0.341 e. The summed E-state index contributed by atoms with van der Waals surface area (Å²) in [6.07, 6.45) is -1.33. The van der Waals surface area contributed by atoms with Gasteiger partial charge in [-0.05, 0) is 36.4 Å². The molecule has 0 fully saturated rings. The molecule has 184 valence electrons. The van der Waals surface area contributed by atoms with Gasteiger partial charge in [-0.15, -0.1) is 0 Å². The summed E-state index contributed by atoms with van der Waals surface area (Å²) in [6.45, 7) is 0. The Kier molecular flexibility index (Phi) is 6.84. The molecule has 0 saturated heterocycles. The number of aromatic nitrogens is 2. The molecule has 0 aliphatic carbocycles. The van der Waals surface area contributed by atoms with E-state index in [9.17, 15) is 31.6 Å². The predicted molar refractivity (Wildman–Crippen MR) is 125 cm³/mol. The van der Waals surface area contributed by atoms with Gasteiger partial charge >= 0.3 is 0 Å². The molecule has 4 N–H and O–H groups in total. The van der Waals surface area contributed by atoms with E-state index in [4.69, 9.17) is 5.73 Å². The molecule has 2 atom stereocenters. The maximum Gasteiger partial charge on any atom is 0.242 e. The van der Waals surface area contributed by atoms with E-state index in [2.05, 4.69) is 9.97 Å². The molecule has 1 aromatic heterocycles. The summed E-state index contributed by atoms with van der Waals surface area (Å²) in [5.74, 6) is -5.63. The van der Waals surface area contributed by atoms with Crippen LogP contribution in [-0.4, -0.2) is 42.4 Å². The number of fused-ring (bicyclic) bond motifs is 1. The van der Waals surface area contributed by atoms with Gasteiger partial charge in [0, 0.05) is 17.2 Å². The molecule has 4 aromatic rings. The fourth-order valence-electron chi connectivity index (χ4n) is 3.60. The fourth-order valence-corrected chi connectivity index (χ4v) is 4.69. The molecule has 9 nitrogen and oxygen atoms in total. The van der Waals surface area contributed by atoms with Crippen LogP contribution in [0, 0.1) is 11.6 Å². The summed E-state index contributed by atoms with van der Waals surface area (Å²) >= 11 is 0. The molecule has 0 radical (unpaired) electrons. The van der Waals surface area contributed by atoms with Gasteiger partial charge in [0.2, 0.25) is 10.0 Å². The third-order valence-corrected chi connectivity index (χ3v) is 6.68. The molecule has 0 saturated carbocycles. The number of hydrogen-bond donors (Lipinski definition) is 3. The second kappa shape index (κ2) is 9.85. The van der Waals surface area contributed by atoms with Crippen LogP contribution >= 0.6 is 0 Å². The number of H-pyrrole nitrogens is 1. The van der Waals surface area contributed by atoms with E-state index in [0.29, 0.717) is 17.1 Å². The smallest absolute Gasteiger partial charge is 0.242 e. The molecular weight excluding hydrogens is 494 g/mol. The lowest BCUT2D eigenvalue weighted by molar-refractivity contribution is -0.109. The molecule has 0 aliphatic rings. The monoisotopic (exact) mass is 512 g/mol. The fraction of sp³-hybridized carbons (Fsp3) is 0.0833. The first-order valence-electron chi connectivity index (χ1n) is 10.4. The summed E-state index contributed by atoms with van der Waals surface area (Å²) in [6, 6.07) is 13.6. The number of aromatic amines is 1. The zero-order chi connectivity index (χ0) is 26.0. The second-order valence-corrected chi connectivity index (χ2v) is 9.48. The van der Waals surface area contributed by atoms with Crippen LogP contribution < -0.4 is 10.5 Å². The van der Waals surface area contributed by atoms with E-state index in [0.717, 1.165) is 24.3 Å². The number of aldehydes is 1. The lowest BCUT2D eigenvalue weighted by atomic mass is 9.89. The van der Waals surface area contributed by atoms with Crippen molar-refractivity contribution in [3.63, 3.8) is 0 Å². The van der Waals surface area contributed by atoms with E-state index in [-0.39, 0.29) is 17.7 Å². The van der Waals surface area contributed by atoms with Gasteiger partial charge in [0.15, 0.2) is 17.9 Å². The topological polar surface area (TPSA) is 152 Å². The highest BCUT2D eigenvalue weighted by molar-refractivity contribution is 7.89. The quantitative estimate of drug-likeness (QED) is 0.135. The Morgan fingerprint density at radius 2 is 1.61 bits per heavy atom.